The number of hydrogen-bond donors (Lipinski definition) is 3. The number of nitrogens with one attached hydrogen (secondary N) is 2. The van der Waals surface area contributed by atoms with E-state index in [1.165, 1.54) is 0 Å². The van der Waals surface area contributed by atoms with E-state index in [-0.39, 0.29) is 25.0 Å². The number of carbonyl (C=O) groups is 2. The van der Waals surface area contributed by atoms with E-state index >= 15 is 0 Å². The molecule has 0 heterocycles. The van der Waals surface area contributed by atoms with Gasteiger partial charge in [-0.05, 0) is 37.6 Å². The highest BCUT2D eigenvalue weighted by atomic mass is 35.5. The van der Waals surface area contributed by atoms with Gasteiger partial charge in [-0.25, -0.2) is 0 Å². The first kappa shape index (κ1) is 16.5. The van der Waals surface area contributed by atoms with Crippen LogP contribution in [0.2, 0.25) is 5.02 Å². The van der Waals surface area contributed by atoms with Crippen LogP contribution in [0.25, 0.3) is 0 Å². The first-order valence-electron chi connectivity index (χ1n) is 6.36. The van der Waals surface area contributed by atoms with E-state index in [9.17, 15) is 14.7 Å². The monoisotopic (exact) mass is 298 g/mol. The summed E-state index contributed by atoms with van der Waals surface area (Å²) in [6.07, 6.45) is 0.598. The van der Waals surface area contributed by atoms with Gasteiger partial charge in [0.1, 0.15) is 0 Å². The molecule has 5 nitrogen and oxygen atoms in total. The Morgan fingerprint density at radius 2 is 1.90 bits per heavy atom. The number of rotatable bonds is 6. The lowest BCUT2D eigenvalue weighted by Gasteiger charge is -2.27. The summed E-state index contributed by atoms with van der Waals surface area (Å²) in [6.45, 7) is 3.31. The molecule has 6 heteroatoms. The number of benzene rings is 1. The molecule has 20 heavy (non-hydrogen) atoms. The number of halogens is 1. The molecule has 0 aliphatic heterocycles. The molecule has 0 aliphatic carbocycles. The lowest BCUT2D eigenvalue weighted by molar-refractivity contribution is -0.122. The Morgan fingerprint density at radius 1 is 1.30 bits per heavy atom. The summed E-state index contributed by atoms with van der Waals surface area (Å²) in [6, 6.07) is 6.38. The van der Waals surface area contributed by atoms with E-state index in [4.69, 9.17) is 11.6 Å². The zero-order valence-electron chi connectivity index (χ0n) is 11.6. The Morgan fingerprint density at radius 3 is 2.40 bits per heavy atom. The average Bonchev–Trinajstić information content (AvgIpc) is 2.45. The minimum atomic E-state index is -0.665. The van der Waals surface area contributed by atoms with Crippen molar-refractivity contribution in [2.24, 2.45) is 0 Å². The molecule has 2 amide bonds. The van der Waals surface area contributed by atoms with Gasteiger partial charge in [0.15, 0.2) is 0 Å². The van der Waals surface area contributed by atoms with Crippen LogP contribution in [0, 0.1) is 0 Å². The van der Waals surface area contributed by atoms with E-state index in [1.54, 1.807) is 31.2 Å². The largest absolute Gasteiger partial charge is 0.394 e. The SMILES string of the molecule is CCC(C)(CO)NC(=O)CNC(=O)c1ccc(Cl)cc1. The quantitative estimate of drug-likeness (QED) is 0.742. The molecular weight excluding hydrogens is 280 g/mol. The zero-order chi connectivity index (χ0) is 15.2. The molecule has 0 saturated carbocycles. The van der Waals surface area contributed by atoms with Crippen molar-refractivity contribution in [1.29, 1.82) is 0 Å². The van der Waals surface area contributed by atoms with Crippen LogP contribution in [0.15, 0.2) is 24.3 Å². The second-order valence-electron chi connectivity index (χ2n) is 4.81. The van der Waals surface area contributed by atoms with Gasteiger partial charge in [0.05, 0.1) is 18.7 Å². The van der Waals surface area contributed by atoms with Crippen molar-refractivity contribution in [2.75, 3.05) is 13.2 Å². The fraction of sp³-hybridized carbons (Fsp3) is 0.429. The summed E-state index contributed by atoms with van der Waals surface area (Å²) in [4.78, 5) is 23.5. The molecule has 0 aromatic heterocycles. The minimum absolute atomic E-state index is 0.142. The molecule has 0 bridgehead atoms. The van der Waals surface area contributed by atoms with E-state index < -0.39 is 5.54 Å². The molecule has 1 rings (SSSR count). The van der Waals surface area contributed by atoms with Gasteiger partial charge in [-0.2, -0.15) is 0 Å². The smallest absolute Gasteiger partial charge is 0.251 e. The fourth-order valence-electron chi connectivity index (χ4n) is 1.48. The molecule has 0 fully saturated rings. The van der Waals surface area contributed by atoms with Gasteiger partial charge in [0.2, 0.25) is 5.91 Å². The van der Waals surface area contributed by atoms with Crippen molar-refractivity contribution in [3.05, 3.63) is 34.9 Å². The van der Waals surface area contributed by atoms with Crippen molar-refractivity contribution < 1.29 is 14.7 Å². The van der Waals surface area contributed by atoms with Crippen LogP contribution in [0.5, 0.6) is 0 Å². The average molecular weight is 299 g/mol. The zero-order valence-corrected chi connectivity index (χ0v) is 12.3. The maximum Gasteiger partial charge on any atom is 0.251 e. The van der Waals surface area contributed by atoms with Crippen LogP contribution in [0.4, 0.5) is 0 Å². The molecule has 110 valence electrons. The summed E-state index contributed by atoms with van der Waals surface area (Å²) in [5, 5.41) is 14.9. The first-order valence-corrected chi connectivity index (χ1v) is 6.73. The van der Waals surface area contributed by atoms with Crippen LogP contribution in [-0.2, 0) is 4.79 Å². The van der Waals surface area contributed by atoms with Crippen LogP contribution in [0.1, 0.15) is 30.6 Å². The third kappa shape index (κ3) is 4.83. The van der Waals surface area contributed by atoms with Crippen LogP contribution in [-0.4, -0.2) is 35.6 Å². The van der Waals surface area contributed by atoms with Gasteiger partial charge < -0.3 is 15.7 Å². The standard InChI is InChI=1S/C14H19ClN2O3/c1-3-14(2,9-18)17-12(19)8-16-13(20)10-4-6-11(15)7-5-10/h4-7,18H,3,8-9H2,1-2H3,(H,16,20)(H,17,19). The lowest BCUT2D eigenvalue weighted by atomic mass is 10.0. The van der Waals surface area contributed by atoms with Gasteiger partial charge in [0.25, 0.3) is 5.91 Å². The maximum atomic E-state index is 11.8. The van der Waals surface area contributed by atoms with Crippen molar-refractivity contribution in [2.45, 2.75) is 25.8 Å². The summed E-state index contributed by atoms with van der Waals surface area (Å²) in [5.74, 6) is -0.690. The van der Waals surface area contributed by atoms with Gasteiger partial charge >= 0.3 is 0 Å². The highest BCUT2D eigenvalue weighted by Gasteiger charge is 2.23. The third-order valence-electron chi connectivity index (χ3n) is 3.09. The van der Waals surface area contributed by atoms with Crippen LogP contribution in [0.3, 0.4) is 0 Å². The fourth-order valence-corrected chi connectivity index (χ4v) is 1.61. The summed E-state index contributed by atoms with van der Waals surface area (Å²) >= 11 is 5.73. The molecular formula is C14H19ClN2O3. The Balaban J connectivity index is 2.49. The number of aliphatic hydroxyl groups excluding tert-OH is 1. The van der Waals surface area contributed by atoms with Crippen molar-refractivity contribution >= 4 is 23.4 Å². The highest BCUT2D eigenvalue weighted by Crippen LogP contribution is 2.09. The first-order chi connectivity index (χ1) is 9.40. The Hall–Kier alpha value is -1.59. The molecule has 1 aromatic rings. The number of hydrogen-bond acceptors (Lipinski definition) is 3. The molecule has 1 atom stereocenters. The summed E-state index contributed by atoms with van der Waals surface area (Å²) in [5.41, 5.74) is -0.232. The Kier molecular flexibility index (Phi) is 5.98. The topological polar surface area (TPSA) is 78.4 Å². The van der Waals surface area contributed by atoms with Gasteiger partial charge in [-0.3, -0.25) is 9.59 Å². The third-order valence-corrected chi connectivity index (χ3v) is 3.34. The molecule has 0 radical (unpaired) electrons. The summed E-state index contributed by atoms with van der Waals surface area (Å²) < 4.78 is 0. The van der Waals surface area contributed by atoms with E-state index in [2.05, 4.69) is 10.6 Å². The highest BCUT2D eigenvalue weighted by molar-refractivity contribution is 6.30. The molecule has 0 aliphatic rings. The lowest BCUT2D eigenvalue weighted by Crippen LogP contribution is -2.51. The molecule has 0 spiro atoms. The van der Waals surface area contributed by atoms with Gasteiger partial charge in [-0.1, -0.05) is 18.5 Å². The predicted molar refractivity (Wildman–Crippen MR) is 77.7 cm³/mol. The van der Waals surface area contributed by atoms with Crippen molar-refractivity contribution in [3.8, 4) is 0 Å². The van der Waals surface area contributed by atoms with Gasteiger partial charge in [0, 0.05) is 10.6 Å². The molecule has 1 aromatic carbocycles. The normalized spacial score (nSPS) is 13.4. The second-order valence-corrected chi connectivity index (χ2v) is 5.25. The van der Waals surface area contributed by atoms with E-state index in [1.807, 2.05) is 6.92 Å². The Bertz CT molecular complexity index is 470. The van der Waals surface area contributed by atoms with Crippen LogP contribution >= 0.6 is 11.6 Å². The Labute approximate surface area is 123 Å². The number of carbonyl (C=O) groups excluding carboxylic acids is 2. The maximum absolute atomic E-state index is 11.8. The number of amides is 2. The number of aliphatic hydroxyl groups is 1. The summed E-state index contributed by atoms with van der Waals surface area (Å²) in [7, 11) is 0. The predicted octanol–water partition coefficient (Wildman–Crippen LogP) is 1.35. The van der Waals surface area contributed by atoms with Crippen molar-refractivity contribution in [3.63, 3.8) is 0 Å². The van der Waals surface area contributed by atoms with E-state index in [0.29, 0.717) is 17.0 Å². The second kappa shape index (κ2) is 7.26. The van der Waals surface area contributed by atoms with Crippen LogP contribution < -0.4 is 10.6 Å². The van der Waals surface area contributed by atoms with Gasteiger partial charge in [-0.15, -0.1) is 0 Å². The minimum Gasteiger partial charge on any atom is -0.394 e. The van der Waals surface area contributed by atoms with E-state index in [0.717, 1.165) is 0 Å². The van der Waals surface area contributed by atoms with Crippen molar-refractivity contribution in [1.82, 2.24) is 10.6 Å². The molecule has 0 saturated heterocycles. The molecule has 1 unspecified atom stereocenters. The molecule has 3 N–H and O–H groups in total.